The van der Waals surface area contributed by atoms with Crippen LogP contribution in [0.4, 0.5) is 10.5 Å². The standard InChI is InChI=1S/C19H19NO4/c1-2-23-18(21)13-10-15-8-11-17(12-9-15)20-19(22)24-14-16-6-4-3-5-7-16/h3-13H,2,14H2,1H3,(H,20,22). The zero-order valence-corrected chi connectivity index (χ0v) is 13.4. The summed E-state index contributed by atoms with van der Waals surface area (Å²) in [6.45, 7) is 2.31. The summed E-state index contributed by atoms with van der Waals surface area (Å²) in [4.78, 5) is 23.0. The Morgan fingerprint density at radius 2 is 1.71 bits per heavy atom. The first-order valence-corrected chi connectivity index (χ1v) is 7.60. The Morgan fingerprint density at radius 1 is 1.00 bits per heavy atom. The van der Waals surface area contributed by atoms with Crippen LogP contribution < -0.4 is 5.32 Å². The highest BCUT2D eigenvalue weighted by Gasteiger charge is 2.03. The average Bonchev–Trinajstić information content (AvgIpc) is 2.60. The zero-order chi connectivity index (χ0) is 17.2. The third-order valence-corrected chi connectivity index (χ3v) is 3.07. The maximum absolute atomic E-state index is 11.7. The predicted molar refractivity (Wildman–Crippen MR) is 92.4 cm³/mol. The second kappa shape index (κ2) is 9.15. The van der Waals surface area contributed by atoms with Crippen molar-refractivity contribution in [3.05, 3.63) is 71.8 Å². The molecule has 0 unspecified atom stereocenters. The van der Waals surface area contributed by atoms with Gasteiger partial charge in [0.15, 0.2) is 0 Å². The molecule has 0 bridgehead atoms. The maximum Gasteiger partial charge on any atom is 0.411 e. The van der Waals surface area contributed by atoms with E-state index in [0.29, 0.717) is 12.3 Å². The highest BCUT2D eigenvalue weighted by atomic mass is 16.5. The molecule has 124 valence electrons. The highest BCUT2D eigenvalue weighted by molar-refractivity contribution is 5.87. The summed E-state index contributed by atoms with van der Waals surface area (Å²) in [5, 5.41) is 2.65. The summed E-state index contributed by atoms with van der Waals surface area (Å²) in [5.41, 5.74) is 2.36. The number of carbonyl (C=O) groups is 2. The molecule has 1 amide bonds. The van der Waals surface area contributed by atoms with Crippen LogP contribution in [0.2, 0.25) is 0 Å². The fourth-order valence-corrected chi connectivity index (χ4v) is 1.91. The lowest BCUT2D eigenvalue weighted by Crippen LogP contribution is -2.13. The zero-order valence-electron chi connectivity index (χ0n) is 13.4. The normalized spacial score (nSPS) is 10.4. The SMILES string of the molecule is CCOC(=O)C=Cc1ccc(NC(=O)OCc2ccccc2)cc1. The summed E-state index contributed by atoms with van der Waals surface area (Å²) < 4.78 is 9.95. The number of esters is 1. The number of anilines is 1. The van der Waals surface area contributed by atoms with E-state index in [-0.39, 0.29) is 12.6 Å². The molecule has 5 heteroatoms. The predicted octanol–water partition coefficient (Wildman–Crippen LogP) is 4.01. The lowest BCUT2D eigenvalue weighted by atomic mass is 10.2. The number of rotatable bonds is 6. The molecule has 0 heterocycles. The van der Waals surface area contributed by atoms with Crippen LogP contribution in [0.25, 0.3) is 6.08 Å². The minimum Gasteiger partial charge on any atom is -0.463 e. The molecule has 0 aromatic heterocycles. The van der Waals surface area contributed by atoms with Gasteiger partial charge in [0, 0.05) is 11.8 Å². The van der Waals surface area contributed by atoms with Crippen molar-refractivity contribution in [1.29, 1.82) is 0 Å². The Morgan fingerprint density at radius 3 is 2.38 bits per heavy atom. The molecule has 0 saturated carbocycles. The van der Waals surface area contributed by atoms with Gasteiger partial charge in [-0.1, -0.05) is 42.5 Å². The van der Waals surface area contributed by atoms with Gasteiger partial charge in [-0.3, -0.25) is 5.32 Å². The third-order valence-electron chi connectivity index (χ3n) is 3.07. The maximum atomic E-state index is 11.7. The number of benzene rings is 2. The van der Waals surface area contributed by atoms with E-state index in [2.05, 4.69) is 5.32 Å². The average molecular weight is 325 g/mol. The summed E-state index contributed by atoms with van der Waals surface area (Å²) in [7, 11) is 0. The van der Waals surface area contributed by atoms with E-state index in [1.165, 1.54) is 6.08 Å². The van der Waals surface area contributed by atoms with Crippen LogP contribution in [0.3, 0.4) is 0 Å². The Kier molecular flexibility index (Phi) is 6.58. The second-order valence-electron chi connectivity index (χ2n) is 4.89. The summed E-state index contributed by atoms with van der Waals surface area (Å²) in [6, 6.07) is 16.5. The minimum absolute atomic E-state index is 0.215. The largest absolute Gasteiger partial charge is 0.463 e. The molecular weight excluding hydrogens is 306 g/mol. The summed E-state index contributed by atoms with van der Waals surface area (Å²) >= 11 is 0. The third kappa shape index (κ3) is 5.96. The number of nitrogens with one attached hydrogen (secondary N) is 1. The first-order valence-electron chi connectivity index (χ1n) is 7.60. The fourth-order valence-electron chi connectivity index (χ4n) is 1.91. The number of hydrogen-bond donors (Lipinski definition) is 1. The number of ether oxygens (including phenoxy) is 2. The Labute approximate surface area is 140 Å². The molecule has 0 aliphatic carbocycles. The molecular formula is C19H19NO4. The monoisotopic (exact) mass is 325 g/mol. The van der Waals surface area contributed by atoms with Gasteiger partial charge in [-0.15, -0.1) is 0 Å². The smallest absolute Gasteiger partial charge is 0.411 e. The van der Waals surface area contributed by atoms with Gasteiger partial charge in [0.1, 0.15) is 6.61 Å². The lowest BCUT2D eigenvalue weighted by Gasteiger charge is -2.07. The molecule has 2 aromatic carbocycles. The van der Waals surface area contributed by atoms with Crippen LogP contribution in [0.5, 0.6) is 0 Å². The van der Waals surface area contributed by atoms with Crippen molar-refractivity contribution in [3.8, 4) is 0 Å². The Hall–Kier alpha value is -3.08. The lowest BCUT2D eigenvalue weighted by molar-refractivity contribution is -0.137. The van der Waals surface area contributed by atoms with Gasteiger partial charge in [-0.2, -0.15) is 0 Å². The molecule has 1 N–H and O–H groups in total. The molecule has 24 heavy (non-hydrogen) atoms. The van der Waals surface area contributed by atoms with Crippen molar-refractivity contribution < 1.29 is 19.1 Å². The van der Waals surface area contributed by atoms with Gasteiger partial charge in [-0.05, 0) is 36.3 Å². The van der Waals surface area contributed by atoms with E-state index < -0.39 is 6.09 Å². The van der Waals surface area contributed by atoms with Crippen LogP contribution in [0.15, 0.2) is 60.7 Å². The van der Waals surface area contributed by atoms with Crippen LogP contribution >= 0.6 is 0 Å². The molecule has 0 spiro atoms. The molecule has 0 aliphatic rings. The molecule has 2 rings (SSSR count). The van der Waals surface area contributed by atoms with Crippen molar-refractivity contribution in [2.24, 2.45) is 0 Å². The van der Waals surface area contributed by atoms with E-state index in [1.54, 1.807) is 37.3 Å². The second-order valence-corrected chi connectivity index (χ2v) is 4.89. The molecule has 0 atom stereocenters. The first-order chi connectivity index (χ1) is 11.7. The topological polar surface area (TPSA) is 64.6 Å². The number of amides is 1. The van der Waals surface area contributed by atoms with Gasteiger partial charge in [0.2, 0.25) is 0 Å². The number of hydrogen-bond acceptors (Lipinski definition) is 4. The Bertz CT molecular complexity index is 693. The van der Waals surface area contributed by atoms with Gasteiger partial charge in [0.25, 0.3) is 0 Å². The highest BCUT2D eigenvalue weighted by Crippen LogP contribution is 2.12. The first kappa shape index (κ1) is 17.3. The molecule has 0 saturated heterocycles. The quantitative estimate of drug-likeness (QED) is 0.644. The molecule has 5 nitrogen and oxygen atoms in total. The van der Waals surface area contributed by atoms with E-state index in [9.17, 15) is 9.59 Å². The van der Waals surface area contributed by atoms with Crippen molar-refractivity contribution in [2.45, 2.75) is 13.5 Å². The van der Waals surface area contributed by atoms with E-state index >= 15 is 0 Å². The van der Waals surface area contributed by atoms with E-state index in [1.807, 2.05) is 30.3 Å². The van der Waals surface area contributed by atoms with Gasteiger partial charge in [0.05, 0.1) is 6.61 Å². The number of carbonyl (C=O) groups excluding carboxylic acids is 2. The van der Waals surface area contributed by atoms with Crippen LogP contribution in [0.1, 0.15) is 18.1 Å². The Balaban J connectivity index is 1.82. The molecule has 2 aromatic rings. The molecule has 0 fully saturated rings. The molecule has 0 aliphatic heterocycles. The van der Waals surface area contributed by atoms with Crippen LogP contribution in [-0.4, -0.2) is 18.7 Å². The van der Waals surface area contributed by atoms with Crippen LogP contribution in [0, 0.1) is 0 Å². The molecule has 0 radical (unpaired) electrons. The fraction of sp³-hybridized carbons (Fsp3) is 0.158. The van der Waals surface area contributed by atoms with Gasteiger partial charge in [-0.25, -0.2) is 9.59 Å². The van der Waals surface area contributed by atoms with Gasteiger partial charge >= 0.3 is 12.1 Å². The van der Waals surface area contributed by atoms with Crippen LogP contribution in [-0.2, 0) is 20.9 Å². The van der Waals surface area contributed by atoms with Crippen molar-refractivity contribution in [1.82, 2.24) is 0 Å². The van der Waals surface area contributed by atoms with E-state index in [0.717, 1.165) is 11.1 Å². The minimum atomic E-state index is -0.520. The van der Waals surface area contributed by atoms with Crippen molar-refractivity contribution in [2.75, 3.05) is 11.9 Å². The summed E-state index contributed by atoms with van der Waals surface area (Å²) in [6.07, 6.45) is 2.49. The van der Waals surface area contributed by atoms with Crippen molar-refractivity contribution >= 4 is 23.8 Å². The van der Waals surface area contributed by atoms with Gasteiger partial charge < -0.3 is 9.47 Å². The summed E-state index contributed by atoms with van der Waals surface area (Å²) in [5.74, 6) is -0.385. The van der Waals surface area contributed by atoms with Crippen molar-refractivity contribution in [3.63, 3.8) is 0 Å². The van der Waals surface area contributed by atoms with E-state index in [4.69, 9.17) is 9.47 Å².